The Morgan fingerprint density at radius 2 is 2.04 bits per heavy atom. The molecule has 1 amide bonds. The van der Waals surface area contributed by atoms with Gasteiger partial charge in [-0.15, -0.1) is 11.8 Å². The van der Waals surface area contributed by atoms with Crippen molar-refractivity contribution in [2.75, 3.05) is 35.7 Å². The number of para-hydroxylation sites is 1. The number of hydrogen-bond donors (Lipinski definition) is 1. The third kappa shape index (κ3) is 4.33. The molecule has 0 atom stereocenters. The number of rotatable bonds is 5. The first-order valence-corrected chi connectivity index (χ1v) is 9.19. The van der Waals surface area contributed by atoms with E-state index in [4.69, 9.17) is 4.74 Å². The van der Waals surface area contributed by atoms with E-state index in [1.54, 1.807) is 31.2 Å². The SMILES string of the molecule is CCOC(=O)c1cccc(NC(=O)CN2CCSc3ccccc32)c1. The van der Waals surface area contributed by atoms with Crippen LogP contribution in [0.2, 0.25) is 0 Å². The van der Waals surface area contributed by atoms with E-state index in [0.29, 0.717) is 17.9 Å². The number of nitrogens with zero attached hydrogens (tertiary/aromatic N) is 1. The molecule has 2 aromatic rings. The van der Waals surface area contributed by atoms with Gasteiger partial charge in [-0.1, -0.05) is 18.2 Å². The lowest BCUT2D eigenvalue weighted by Gasteiger charge is -2.30. The van der Waals surface area contributed by atoms with Crippen molar-refractivity contribution in [2.45, 2.75) is 11.8 Å². The van der Waals surface area contributed by atoms with Crippen molar-refractivity contribution in [2.24, 2.45) is 0 Å². The highest BCUT2D eigenvalue weighted by Crippen LogP contribution is 2.34. The summed E-state index contributed by atoms with van der Waals surface area (Å²) in [6.45, 7) is 3.19. The molecule has 1 N–H and O–H groups in total. The lowest BCUT2D eigenvalue weighted by molar-refractivity contribution is -0.115. The number of nitrogens with one attached hydrogen (secondary N) is 1. The number of fused-ring (bicyclic) bond motifs is 1. The van der Waals surface area contributed by atoms with Gasteiger partial charge in [-0.3, -0.25) is 4.79 Å². The Bertz CT molecular complexity index is 779. The van der Waals surface area contributed by atoms with Crippen molar-refractivity contribution in [1.29, 1.82) is 0 Å². The Kier molecular flexibility index (Phi) is 5.60. The predicted molar refractivity (Wildman–Crippen MR) is 100 cm³/mol. The summed E-state index contributed by atoms with van der Waals surface area (Å²) in [5, 5.41) is 2.86. The molecule has 6 heteroatoms. The molecule has 0 saturated carbocycles. The van der Waals surface area contributed by atoms with Crippen LogP contribution < -0.4 is 10.2 Å². The van der Waals surface area contributed by atoms with Crippen molar-refractivity contribution in [3.63, 3.8) is 0 Å². The zero-order valence-electron chi connectivity index (χ0n) is 14.0. The van der Waals surface area contributed by atoms with E-state index in [1.807, 2.05) is 30.0 Å². The molecule has 130 valence electrons. The van der Waals surface area contributed by atoms with E-state index >= 15 is 0 Å². The minimum absolute atomic E-state index is 0.109. The van der Waals surface area contributed by atoms with E-state index in [-0.39, 0.29) is 18.4 Å². The topological polar surface area (TPSA) is 58.6 Å². The number of amides is 1. The molecule has 1 aliphatic heterocycles. The van der Waals surface area contributed by atoms with Gasteiger partial charge < -0.3 is 15.0 Å². The fourth-order valence-corrected chi connectivity index (χ4v) is 3.75. The Balaban J connectivity index is 1.66. The lowest BCUT2D eigenvalue weighted by Crippen LogP contribution is -2.36. The molecule has 0 spiro atoms. The highest BCUT2D eigenvalue weighted by atomic mass is 32.2. The third-order valence-corrected chi connectivity index (χ3v) is 4.86. The zero-order chi connectivity index (χ0) is 17.6. The second-order valence-corrected chi connectivity index (χ2v) is 6.72. The predicted octanol–water partition coefficient (Wildman–Crippen LogP) is 3.41. The van der Waals surface area contributed by atoms with E-state index < -0.39 is 0 Å². The number of hydrogen-bond acceptors (Lipinski definition) is 5. The van der Waals surface area contributed by atoms with Crippen LogP contribution in [0.25, 0.3) is 0 Å². The van der Waals surface area contributed by atoms with Gasteiger partial charge in [0.25, 0.3) is 0 Å². The van der Waals surface area contributed by atoms with Crippen LogP contribution in [-0.2, 0) is 9.53 Å². The minimum atomic E-state index is -0.388. The third-order valence-electron chi connectivity index (χ3n) is 3.82. The second kappa shape index (κ2) is 8.07. The highest BCUT2D eigenvalue weighted by Gasteiger charge is 2.19. The van der Waals surface area contributed by atoms with Gasteiger partial charge in [0.15, 0.2) is 0 Å². The molecule has 0 aliphatic carbocycles. The number of esters is 1. The van der Waals surface area contributed by atoms with Crippen molar-refractivity contribution >= 4 is 35.0 Å². The summed E-state index contributed by atoms with van der Waals surface area (Å²) in [4.78, 5) is 27.5. The van der Waals surface area contributed by atoms with Crippen LogP contribution in [0.1, 0.15) is 17.3 Å². The molecule has 0 saturated heterocycles. The number of anilines is 2. The molecule has 2 aromatic carbocycles. The maximum Gasteiger partial charge on any atom is 0.338 e. The first-order chi connectivity index (χ1) is 12.2. The van der Waals surface area contributed by atoms with Gasteiger partial charge in [0.2, 0.25) is 5.91 Å². The van der Waals surface area contributed by atoms with Crippen LogP contribution in [0, 0.1) is 0 Å². The quantitative estimate of drug-likeness (QED) is 0.832. The lowest BCUT2D eigenvalue weighted by atomic mass is 10.2. The molecule has 25 heavy (non-hydrogen) atoms. The Hall–Kier alpha value is -2.47. The normalized spacial score (nSPS) is 13.1. The first kappa shape index (κ1) is 17.4. The van der Waals surface area contributed by atoms with E-state index in [0.717, 1.165) is 18.0 Å². The smallest absolute Gasteiger partial charge is 0.338 e. The molecule has 5 nitrogen and oxygen atoms in total. The zero-order valence-corrected chi connectivity index (χ0v) is 14.8. The van der Waals surface area contributed by atoms with Crippen molar-refractivity contribution in [1.82, 2.24) is 0 Å². The second-order valence-electron chi connectivity index (χ2n) is 5.59. The summed E-state index contributed by atoms with van der Waals surface area (Å²) in [5.74, 6) is 0.464. The molecular weight excluding hydrogens is 336 g/mol. The largest absolute Gasteiger partial charge is 0.462 e. The molecular formula is C19H20N2O3S. The first-order valence-electron chi connectivity index (χ1n) is 8.21. The Morgan fingerprint density at radius 3 is 2.88 bits per heavy atom. The molecule has 0 bridgehead atoms. The van der Waals surface area contributed by atoms with Crippen LogP contribution in [0.15, 0.2) is 53.4 Å². The number of carbonyl (C=O) groups is 2. The fraction of sp³-hybridized carbons (Fsp3) is 0.263. The van der Waals surface area contributed by atoms with Gasteiger partial charge in [0.05, 0.1) is 24.4 Å². The van der Waals surface area contributed by atoms with Crippen LogP contribution in [0.4, 0.5) is 11.4 Å². The number of carbonyl (C=O) groups excluding carboxylic acids is 2. The molecule has 0 radical (unpaired) electrons. The van der Waals surface area contributed by atoms with Crippen molar-refractivity contribution < 1.29 is 14.3 Å². The summed E-state index contributed by atoms with van der Waals surface area (Å²) in [5.41, 5.74) is 2.11. The van der Waals surface area contributed by atoms with Crippen molar-refractivity contribution in [3.05, 3.63) is 54.1 Å². The molecule has 1 aliphatic rings. The average Bonchev–Trinajstić information content (AvgIpc) is 2.62. The van der Waals surface area contributed by atoms with Crippen molar-refractivity contribution in [3.8, 4) is 0 Å². The molecule has 1 heterocycles. The van der Waals surface area contributed by atoms with Gasteiger partial charge >= 0.3 is 5.97 Å². The molecule has 0 aromatic heterocycles. The van der Waals surface area contributed by atoms with Gasteiger partial charge in [0, 0.05) is 22.9 Å². The number of benzene rings is 2. The fourth-order valence-electron chi connectivity index (χ4n) is 2.70. The van der Waals surface area contributed by atoms with Crippen LogP contribution in [-0.4, -0.2) is 37.3 Å². The summed E-state index contributed by atoms with van der Waals surface area (Å²) < 4.78 is 4.99. The average molecular weight is 356 g/mol. The monoisotopic (exact) mass is 356 g/mol. The highest BCUT2D eigenvalue weighted by molar-refractivity contribution is 7.99. The van der Waals surface area contributed by atoms with Crippen LogP contribution in [0.5, 0.6) is 0 Å². The summed E-state index contributed by atoms with van der Waals surface area (Å²) in [6.07, 6.45) is 0. The van der Waals surface area contributed by atoms with Crippen LogP contribution in [0.3, 0.4) is 0 Å². The number of ether oxygens (including phenoxy) is 1. The summed E-state index contributed by atoms with van der Waals surface area (Å²) in [6, 6.07) is 14.9. The van der Waals surface area contributed by atoms with E-state index in [9.17, 15) is 9.59 Å². The molecule has 3 rings (SSSR count). The molecule has 0 unspecified atom stereocenters. The van der Waals surface area contributed by atoms with Gasteiger partial charge in [-0.2, -0.15) is 0 Å². The van der Waals surface area contributed by atoms with E-state index in [2.05, 4.69) is 16.3 Å². The maximum absolute atomic E-state index is 12.4. The van der Waals surface area contributed by atoms with Gasteiger partial charge in [-0.05, 0) is 37.3 Å². The van der Waals surface area contributed by atoms with Gasteiger partial charge in [0.1, 0.15) is 0 Å². The maximum atomic E-state index is 12.4. The van der Waals surface area contributed by atoms with E-state index in [1.165, 1.54) is 4.90 Å². The van der Waals surface area contributed by atoms with Crippen LogP contribution >= 0.6 is 11.8 Å². The number of thioether (sulfide) groups is 1. The Labute approximate surface area is 151 Å². The summed E-state index contributed by atoms with van der Waals surface area (Å²) >= 11 is 1.81. The summed E-state index contributed by atoms with van der Waals surface area (Å²) in [7, 11) is 0. The van der Waals surface area contributed by atoms with Gasteiger partial charge in [-0.25, -0.2) is 4.79 Å². The Morgan fingerprint density at radius 1 is 1.20 bits per heavy atom. The minimum Gasteiger partial charge on any atom is -0.462 e. The molecule has 0 fully saturated rings. The standard InChI is InChI=1S/C19H20N2O3S/c1-2-24-19(23)14-6-5-7-15(12-14)20-18(22)13-21-10-11-25-17-9-4-3-8-16(17)21/h3-9,12H,2,10-11,13H2,1H3,(H,20,22).